The highest BCUT2D eigenvalue weighted by molar-refractivity contribution is 5.61. The zero-order chi connectivity index (χ0) is 19.7. The first kappa shape index (κ1) is 18.4. The molecule has 0 radical (unpaired) electrons. The van der Waals surface area contributed by atoms with Crippen molar-refractivity contribution in [3.8, 4) is 0 Å². The maximum atomic E-state index is 13.4. The van der Waals surface area contributed by atoms with Gasteiger partial charge in [-0.25, -0.2) is 9.37 Å². The minimum absolute atomic E-state index is 0.241. The number of benzene rings is 2. The number of aromatic nitrogens is 2. The largest absolute Gasteiger partial charge is 0.352 e. The summed E-state index contributed by atoms with van der Waals surface area (Å²) in [6.07, 6.45) is 1.85. The zero-order valence-electron chi connectivity index (χ0n) is 16.6. The van der Waals surface area contributed by atoms with Gasteiger partial charge in [0.15, 0.2) is 0 Å². The van der Waals surface area contributed by atoms with E-state index in [1.165, 1.54) is 23.3 Å². The molecule has 0 atom stereocenters. The van der Waals surface area contributed by atoms with E-state index in [0.717, 1.165) is 54.3 Å². The Kier molecular flexibility index (Phi) is 4.99. The number of hydrogen-bond acceptors (Lipinski definition) is 4. The Balaban J connectivity index is 1.69. The third-order valence-electron chi connectivity index (χ3n) is 5.42. The van der Waals surface area contributed by atoms with Gasteiger partial charge in [-0.2, -0.15) is 4.98 Å². The van der Waals surface area contributed by atoms with Gasteiger partial charge < -0.3 is 10.2 Å². The van der Waals surface area contributed by atoms with Crippen LogP contribution in [-0.4, -0.2) is 16.5 Å². The van der Waals surface area contributed by atoms with Gasteiger partial charge >= 0.3 is 0 Å². The Bertz CT molecular complexity index is 1020. The lowest BCUT2D eigenvalue weighted by Crippen LogP contribution is -2.32. The van der Waals surface area contributed by atoms with Crippen LogP contribution in [0.15, 0.2) is 42.5 Å². The molecule has 1 aliphatic heterocycles. The second-order valence-electron chi connectivity index (χ2n) is 7.32. The molecule has 5 heteroatoms. The first-order valence-corrected chi connectivity index (χ1v) is 9.77. The van der Waals surface area contributed by atoms with Gasteiger partial charge in [-0.05, 0) is 61.6 Å². The average molecular weight is 376 g/mol. The van der Waals surface area contributed by atoms with Crippen molar-refractivity contribution in [1.82, 2.24) is 9.97 Å². The molecule has 1 aliphatic rings. The van der Waals surface area contributed by atoms with Crippen LogP contribution in [0.25, 0.3) is 0 Å². The molecule has 0 saturated heterocycles. The quantitative estimate of drug-likeness (QED) is 0.688. The Labute approximate surface area is 165 Å². The Morgan fingerprint density at radius 1 is 1.07 bits per heavy atom. The molecule has 0 bridgehead atoms. The van der Waals surface area contributed by atoms with Gasteiger partial charge in [0.05, 0.1) is 5.69 Å². The van der Waals surface area contributed by atoms with Crippen LogP contribution < -0.4 is 10.2 Å². The van der Waals surface area contributed by atoms with Crippen molar-refractivity contribution in [3.05, 3.63) is 76.2 Å². The molecular formula is C23H25FN4. The van der Waals surface area contributed by atoms with Crippen molar-refractivity contribution >= 4 is 17.5 Å². The molecule has 0 aliphatic carbocycles. The molecule has 0 amide bonds. The second kappa shape index (κ2) is 7.58. The summed E-state index contributed by atoms with van der Waals surface area (Å²) in [6.45, 7) is 7.88. The standard InChI is InChI=1S/C23H25FN4/c1-4-20-16(3)22(28-12-11-17-7-5-6-8-18(17)14-28)27-23(25-20)26-21-10-9-19(24)13-15(21)2/h5-10,13H,4,11-12,14H2,1-3H3,(H,25,26,27). The number of nitrogens with zero attached hydrogens (tertiary/aromatic N) is 3. The van der Waals surface area contributed by atoms with E-state index in [1.54, 1.807) is 6.07 Å². The van der Waals surface area contributed by atoms with Gasteiger partial charge in [0.2, 0.25) is 5.95 Å². The van der Waals surface area contributed by atoms with Crippen LogP contribution >= 0.6 is 0 Å². The number of fused-ring (bicyclic) bond motifs is 1. The number of nitrogens with one attached hydrogen (secondary N) is 1. The lowest BCUT2D eigenvalue weighted by Gasteiger charge is -2.31. The highest BCUT2D eigenvalue weighted by atomic mass is 19.1. The summed E-state index contributed by atoms with van der Waals surface area (Å²) in [7, 11) is 0. The number of halogens is 1. The molecule has 4 rings (SSSR count). The fourth-order valence-electron chi connectivity index (χ4n) is 3.82. The molecule has 2 heterocycles. The molecule has 2 aromatic carbocycles. The summed E-state index contributed by atoms with van der Waals surface area (Å²) in [5.74, 6) is 1.30. The molecule has 0 saturated carbocycles. The zero-order valence-corrected chi connectivity index (χ0v) is 16.6. The maximum Gasteiger partial charge on any atom is 0.229 e. The Morgan fingerprint density at radius 2 is 1.86 bits per heavy atom. The third kappa shape index (κ3) is 3.57. The topological polar surface area (TPSA) is 41.1 Å². The van der Waals surface area contributed by atoms with E-state index < -0.39 is 0 Å². The van der Waals surface area contributed by atoms with E-state index in [0.29, 0.717) is 5.95 Å². The van der Waals surface area contributed by atoms with Crippen LogP contribution in [0.3, 0.4) is 0 Å². The average Bonchev–Trinajstić information content (AvgIpc) is 2.70. The molecule has 3 aromatic rings. The lowest BCUT2D eigenvalue weighted by molar-refractivity contribution is 0.627. The second-order valence-corrected chi connectivity index (χ2v) is 7.32. The molecule has 144 valence electrons. The van der Waals surface area contributed by atoms with Crippen molar-refractivity contribution < 1.29 is 4.39 Å². The fourth-order valence-corrected chi connectivity index (χ4v) is 3.82. The molecule has 0 spiro atoms. The van der Waals surface area contributed by atoms with Crippen LogP contribution in [0, 0.1) is 19.7 Å². The van der Waals surface area contributed by atoms with Crippen LogP contribution in [0.4, 0.5) is 21.8 Å². The van der Waals surface area contributed by atoms with Gasteiger partial charge in [0, 0.05) is 24.3 Å². The van der Waals surface area contributed by atoms with Gasteiger partial charge in [-0.3, -0.25) is 0 Å². The predicted molar refractivity (Wildman–Crippen MR) is 112 cm³/mol. The highest BCUT2D eigenvalue weighted by Crippen LogP contribution is 2.29. The monoisotopic (exact) mass is 376 g/mol. The molecule has 28 heavy (non-hydrogen) atoms. The summed E-state index contributed by atoms with van der Waals surface area (Å²) >= 11 is 0. The Hall–Kier alpha value is -2.95. The molecule has 4 nitrogen and oxygen atoms in total. The summed E-state index contributed by atoms with van der Waals surface area (Å²) in [6, 6.07) is 13.3. The third-order valence-corrected chi connectivity index (χ3v) is 5.42. The van der Waals surface area contributed by atoms with Gasteiger partial charge in [-0.15, -0.1) is 0 Å². The van der Waals surface area contributed by atoms with Crippen molar-refractivity contribution in [2.24, 2.45) is 0 Å². The molecular weight excluding hydrogens is 351 g/mol. The number of rotatable bonds is 4. The van der Waals surface area contributed by atoms with Crippen molar-refractivity contribution in [2.45, 2.75) is 40.2 Å². The summed E-state index contributed by atoms with van der Waals surface area (Å²) < 4.78 is 13.4. The number of hydrogen-bond donors (Lipinski definition) is 1. The summed E-state index contributed by atoms with van der Waals surface area (Å²) in [5, 5.41) is 3.28. The smallest absolute Gasteiger partial charge is 0.229 e. The Morgan fingerprint density at radius 3 is 2.61 bits per heavy atom. The van der Waals surface area contributed by atoms with Crippen molar-refractivity contribution in [3.63, 3.8) is 0 Å². The molecule has 1 N–H and O–H groups in total. The van der Waals surface area contributed by atoms with Gasteiger partial charge in [0.25, 0.3) is 0 Å². The molecule has 0 fully saturated rings. The van der Waals surface area contributed by atoms with Crippen molar-refractivity contribution in [1.29, 1.82) is 0 Å². The van der Waals surface area contributed by atoms with E-state index in [-0.39, 0.29) is 5.82 Å². The molecule has 0 unspecified atom stereocenters. The summed E-state index contributed by atoms with van der Waals surface area (Å²) in [4.78, 5) is 11.9. The number of aryl methyl sites for hydroxylation is 2. The van der Waals surface area contributed by atoms with Crippen LogP contribution in [0.5, 0.6) is 0 Å². The van der Waals surface area contributed by atoms with E-state index in [2.05, 4.69) is 48.3 Å². The first-order valence-electron chi connectivity index (χ1n) is 9.77. The SMILES string of the molecule is CCc1nc(Nc2ccc(F)cc2C)nc(N2CCc3ccccc3C2)c1C. The van der Waals surface area contributed by atoms with Crippen LogP contribution in [0.2, 0.25) is 0 Å². The first-order chi connectivity index (χ1) is 13.5. The van der Waals surface area contributed by atoms with E-state index in [1.807, 2.05) is 6.92 Å². The van der Waals surface area contributed by atoms with E-state index in [4.69, 9.17) is 9.97 Å². The minimum atomic E-state index is -0.241. The minimum Gasteiger partial charge on any atom is -0.352 e. The molecule has 1 aromatic heterocycles. The van der Waals surface area contributed by atoms with Crippen molar-refractivity contribution in [2.75, 3.05) is 16.8 Å². The predicted octanol–water partition coefficient (Wildman–Crippen LogP) is 5.10. The van der Waals surface area contributed by atoms with Gasteiger partial charge in [-0.1, -0.05) is 31.2 Å². The van der Waals surface area contributed by atoms with E-state index in [9.17, 15) is 4.39 Å². The maximum absolute atomic E-state index is 13.4. The van der Waals surface area contributed by atoms with Gasteiger partial charge in [0.1, 0.15) is 11.6 Å². The van der Waals surface area contributed by atoms with E-state index >= 15 is 0 Å². The lowest BCUT2D eigenvalue weighted by atomic mass is 9.99. The van der Waals surface area contributed by atoms with Crippen LogP contribution in [-0.2, 0) is 19.4 Å². The normalized spacial score (nSPS) is 13.4. The number of anilines is 3. The summed E-state index contributed by atoms with van der Waals surface area (Å²) in [5.41, 5.74) is 6.59. The fraction of sp³-hybridized carbons (Fsp3) is 0.304. The van der Waals surface area contributed by atoms with Crippen LogP contribution in [0.1, 0.15) is 34.9 Å². The highest BCUT2D eigenvalue weighted by Gasteiger charge is 2.21.